The van der Waals surface area contributed by atoms with Crippen molar-refractivity contribution in [2.45, 2.75) is 45.4 Å². The minimum atomic E-state index is 0.480. The summed E-state index contributed by atoms with van der Waals surface area (Å²) >= 11 is 5.76. The van der Waals surface area contributed by atoms with Gasteiger partial charge in [-0.3, -0.25) is 14.5 Å². The van der Waals surface area contributed by atoms with Crippen LogP contribution in [0.3, 0.4) is 0 Å². The average Bonchev–Trinajstić information content (AvgIpc) is 3.48. The molecule has 1 fully saturated rings. The number of hydrogen-bond acceptors (Lipinski definition) is 4. The van der Waals surface area contributed by atoms with Crippen molar-refractivity contribution in [1.29, 1.82) is 0 Å². The smallest absolute Gasteiger partial charge is 0.199 e. The topological polar surface area (TPSA) is 38.9 Å². The maximum Gasteiger partial charge on any atom is 0.199 e. The predicted octanol–water partition coefficient (Wildman–Crippen LogP) is 4.46. The lowest BCUT2D eigenvalue weighted by Gasteiger charge is -2.16. The van der Waals surface area contributed by atoms with E-state index in [4.69, 9.17) is 17.3 Å². The fourth-order valence-electron chi connectivity index (χ4n) is 3.34. The lowest BCUT2D eigenvalue weighted by molar-refractivity contribution is 0.244. The summed E-state index contributed by atoms with van der Waals surface area (Å²) in [6.07, 6.45) is 7.06. The third-order valence-electron chi connectivity index (χ3n) is 4.96. The highest BCUT2D eigenvalue weighted by Gasteiger charge is 2.29. The summed E-state index contributed by atoms with van der Waals surface area (Å²) in [5, 5.41) is 4.84. The van der Waals surface area contributed by atoms with E-state index >= 15 is 0 Å². The largest absolute Gasteiger partial charge is 0.297 e. The summed E-state index contributed by atoms with van der Waals surface area (Å²) in [6.45, 7) is 3.71. The minimum Gasteiger partial charge on any atom is -0.297 e. The first-order chi connectivity index (χ1) is 13.2. The lowest BCUT2D eigenvalue weighted by atomic mass is 10.1. The summed E-state index contributed by atoms with van der Waals surface area (Å²) in [5.74, 6) is 0.927. The van der Waals surface area contributed by atoms with Crippen molar-refractivity contribution < 1.29 is 0 Å². The molecule has 0 bridgehead atoms. The molecule has 0 spiro atoms. The first-order valence-corrected chi connectivity index (χ1v) is 9.92. The number of pyridine rings is 1. The molecule has 5 nitrogen and oxygen atoms in total. The Labute approximate surface area is 165 Å². The van der Waals surface area contributed by atoms with Crippen LogP contribution in [0.25, 0.3) is 11.4 Å². The zero-order valence-electron chi connectivity index (χ0n) is 15.9. The second-order valence-corrected chi connectivity index (χ2v) is 7.64. The molecule has 2 aromatic heterocycles. The molecule has 1 aliphatic rings. The third-order valence-corrected chi connectivity index (χ3v) is 5.37. The Balaban J connectivity index is 1.55. The molecule has 2 heterocycles. The average molecular weight is 380 g/mol. The Morgan fingerprint density at radius 1 is 1.15 bits per heavy atom. The molecule has 1 aromatic carbocycles. The molecule has 27 heavy (non-hydrogen) atoms. The molecule has 140 valence electrons. The number of aromatic nitrogens is 4. The molecule has 0 unspecified atom stereocenters. The van der Waals surface area contributed by atoms with Crippen LogP contribution in [0.2, 0.25) is 0 Å². The Bertz CT molecular complexity index is 954. The van der Waals surface area contributed by atoms with Crippen molar-refractivity contribution in [1.82, 2.24) is 24.2 Å². The first-order valence-electron chi connectivity index (χ1n) is 9.52. The molecule has 6 heteroatoms. The number of nitrogens with zero attached hydrogens (tertiary/aromatic N) is 5. The van der Waals surface area contributed by atoms with Gasteiger partial charge < -0.3 is 0 Å². The highest BCUT2D eigenvalue weighted by Crippen LogP contribution is 2.38. The highest BCUT2D eigenvalue weighted by molar-refractivity contribution is 7.71. The van der Waals surface area contributed by atoms with E-state index in [1.807, 2.05) is 23.0 Å². The van der Waals surface area contributed by atoms with Gasteiger partial charge in [0.1, 0.15) is 0 Å². The molecule has 0 N–H and O–H groups in total. The number of rotatable bonds is 7. The van der Waals surface area contributed by atoms with Crippen molar-refractivity contribution in [3.8, 4) is 11.4 Å². The van der Waals surface area contributed by atoms with Gasteiger partial charge in [0.15, 0.2) is 10.6 Å². The van der Waals surface area contributed by atoms with E-state index in [0.717, 1.165) is 29.1 Å². The van der Waals surface area contributed by atoms with E-state index in [2.05, 4.69) is 52.7 Å². The predicted molar refractivity (Wildman–Crippen MR) is 110 cm³/mol. The zero-order chi connectivity index (χ0) is 18.8. The Morgan fingerprint density at radius 3 is 2.52 bits per heavy atom. The summed E-state index contributed by atoms with van der Waals surface area (Å²) in [5.41, 5.74) is 3.69. The minimum absolute atomic E-state index is 0.480. The third kappa shape index (κ3) is 4.01. The zero-order valence-corrected chi connectivity index (χ0v) is 16.7. The molecule has 0 amide bonds. The molecule has 0 aliphatic heterocycles. The number of benzene rings is 1. The van der Waals surface area contributed by atoms with Gasteiger partial charge in [-0.05, 0) is 61.8 Å². The van der Waals surface area contributed by atoms with Crippen LogP contribution in [0.4, 0.5) is 0 Å². The van der Waals surface area contributed by atoms with Gasteiger partial charge in [0.2, 0.25) is 0 Å². The van der Waals surface area contributed by atoms with Gasteiger partial charge in [-0.25, -0.2) is 4.68 Å². The van der Waals surface area contributed by atoms with Crippen molar-refractivity contribution in [3.05, 3.63) is 64.7 Å². The molecule has 0 radical (unpaired) electrons. The van der Waals surface area contributed by atoms with Crippen LogP contribution < -0.4 is 0 Å². The van der Waals surface area contributed by atoms with Gasteiger partial charge in [0.25, 0.3) is 0 Å². The van der Waals surface area contributed by atoms with Gasteiger partial charge in [-0.2, -0.15) is 5.10 Å². The van der Waals surface area contributed by atoms with Crippen LogP contribution in [0.15, 0.2) is 48.8 Å². The summed E-state index contributed by atoms with van der Waals surface area (Å²) in [6, 6.07) is 13.3. The normalized spacial score (nSPS) is 14.0. The van der Waals surface area contributed by atoms with E-state index < -0.39 is 0 Å². The van der Waals surface area contributed by atoms with Gasteiger partial charge in [0.05, 0.1) is 6.67 Å². The number of hydrogen-bond donors (Lipinski definition) is 0. The molecule has 1 aliphatic carbocycles. The van der Waals surface area contributed by atoms with Crippen LogP contribution >= 0.6 is 12.2 Å². The lowest BCUT2D eigenvalue weighted by Crippen LogP contribution is -2.22. The Morgan fingerprint density at radius 2 is 1.89 bits per heavy atom. The van der Waals surface area contributed by atoms with Crippen LogP contribution in [-0.2, 0) is 19.6 Å². The summed E-state index contributed by atoms with van der Waals surface area (Å²) < 4.78 is 4.94. The maximum atomic E-state index is 5.76. The fraction of sp³-hybridized carbons (Fsp3) is 0.381. The Hall–Kier alpha value is -2.31. The van der Waals surface area contributed by atoms with Gasteiger partial charge in [-0.15, -0.1) is 0 Å². The molecule has 4 rings (SSSR count). The van der Waals surface area contributed by atoms with Crippen molar-refractivity contribution >= 4 is 12.2 Å². The summed E-state index contributed by atoms with van der Waals surface area (Å²) in [4.78, 5) is 6.49. The molecular weight excluding hydrogens is 354 g/mol. The number of aryl methyl sites for hydroxylation is 1. The van der Waals surface area contributed by atoms with Crippen molar-refractivity contribution in [2.24, 2.45) is 0 Å². The SMILES string of the molecule is CCc1ccc(CN(C)Cn2nc(-c3cccnc3)n(C3CC3)c2=S)cc1. The van der Waals surface area contributed by atoms with Crippen LogP contribution in [0, 0.1) is 4.77 Å². The Kier molecular flexibility index (Phi) is 5.18. The molecule has 3 aromatic rings. The first kappa shape index (κ1) is 18.1. The van der Waals surface area contributed by atoms with E-state index in [0.29, 0.717) is 12.7 Å². The molecule has 0 atom stereocenters. The fourth-order valence-corrected chi connectivity index (χ4v) is 3.67. The van der Waals surface area contributed by atoms with Crippen LogP contribution in [0.5, 0.6) is 0 Å². The van der Waals surface area contributed by atoms with Gasteiger partial charge in [0, 0.05) is 30.5 Å². The monoisotopic (exact) mass is 379 g/mol. The van der Waals surface area contributed by atoms with E-state index in [-0.39, 0.29) is 0 Å². The molecule has 1 saturated carbocycles. The van der Waals surface area contributed by atoms with Crippen LogP contribution in [-0.4, -0.2) is 31.3 Å². The van der Waals surface area contributed by atoms with Crippen LogP contribution in [0.1, 0.15) is 36.9 Å². The second-order valence-electron chi connectivity index (χ2n) is 7.27. The van der Waals surface area contributed by atoms with Crippen molar-refractivity contribution in [2.75, 3.05) is 7.05 Å². The van der Waals surface area contributed by atoms with E-state index in [1.165, 1.54) is 24.0 Å². The maximum absolute atomic E-state index is 5.76. The molecular formula is C21H25N5S. The van der Waals surface area contributed by atoms with Crippen molar-refractivity contribution in [3.63, 3.8) is 0 Å². The van der Waals surface area contributed by atoms with Gasteiger partial charge in [-0.1, -0.05) is 31.2 Å². The highest BCUT2D eigenvalue weighted by atomic mass is 32.1. The quantitative estimate of drug-likeness (QED) is 0.568. The standard InChI is InChI=1S/C21H25N5S/c1-3-16-6-8-17(9-7-16)14-24(2)15-25-21(27)26(19-10-11-19)20(23-25)18-5-4-12-22-13-18/h4-9,12-13,19H,3,10-11,14-15H2,1-2H3. The van der Waals surface area contributed by atoms with E-state index in [9.17, 15) is 0 Å². The van der Waals surface area contributed by atoms with E-state index in [1.54, 1.807) is 6.20 Å². The molecule has 0 saturated heterocycles. The second kappa shape index (κ2) is 7.74. The van der Waals surface area contributed by atoms with Gasteiger partial charge >= 0.3 is 0 Å². The summed E-state index contributed by atoms with van der Waals surface area (Å²) in [7, 11) is 2.11.